The van der Waals surface area contributed by atoms with Crippen LogP contribution in [0.1, 0.15) is 57.5 Å². The zero-order valence-electron chi connectivity index (χ0n) is 17.9. The third kappa shape index (κ3) is 7.20. The summed E-state index contributed by atoms with van der Waals surface area (Å²) in [6.07, 6.45) is 0. The van der Waals surface area contributed by atoms with Crippen LogP contribution in [0.3, 0.4) is 0 Å². The number of carbonyl (C=O) groups is 2. The van der Waals surface area contributed by atoms with Crippen LogP contribution in [0.5, 0.6) is 5.75 Å². The Kier molecular flexibility index (Phi) is 7.11. The number of carbonyl (C=O) groups excluding carboxylic acids is 2. The van der Waals surface area contributed by atoms with Gasteiger partial charge in [0.05, 0.1) is 4.47 Å². The minimum atomic E-state index is -0.333. The lowest BCUT2D eigenvalue weighted by atomic mass is 9.87. The van der Waals surface area contributed by atoms with Gasteiger partial charge < -0.3 is 15.4 Å². The molecule has 0 aliphatic carbocycles. The molecule has 0 radical (unpaired) electrons. The molecule has 0 unspecified atom stereocenters. The highest BCUT2D eigenvalue weighted by molar-refractivity contribution is 9.10. The molecule has 0 heterocycles. The number of halogens is 1. The Labute approximate surface area is 181 Å². The van der Waals surface area contributed by atoms with E-state index in [0.29, 0.717) is 17.0 Å². The Morgan fingerprint density at radius 2 is 1.69 bits per heavy atom. The minimum absolute atomic E-state index is 0.0305. The fraction of sp³-hybridized carbons (Fsp3) is 0.391. The van der Waals surface area contributed by atoms with E-state index in [1.165, 1.54) is 5.56 Å². The maximum atomic E-state index is 12.3. The third-order valence-electron chi connectivity index (χ3n) is 4.05. The average Bonchev–Trinajstić information content (AvgIpc) is 2.58. The van der Waals surface area contributed by atoms with Gasteiger partial charge in [0.2, 0.25) is 0 Å². The molecule has 2 aromatic rings. The molecule has 0 saturated carbocycles. The standard InChI is InChI=1S/C23H29BrN2O3/c1-22(2,3)16-10-11-19(18(24)13-16)29-14-20(27)25-17-9-7-8-15(12-17)21(28)26-23(4,5)6/h7-13H,14H2,1-6H3,(H,25,27)(H,26,28). The fourth-order valence-electron chi connectivity index (χ4n) is 2.58. The van der Waals surface area contributed by atoms with Crippen molar-refractivity contribution in [3.63, 3.8) is 0 Å². The van der Waals surface area contributed by atoms with E-state index in [2.05, 4.69) is 47.3 Å². The van der Waals surface area contributed by atoms with Crippen LogP contribution in [0.2, 0.25) is 0 Å². The molecule has 0 fully saturated rings. The van der Waals surface area contributed by atoms with Crippen molar-refractivity contribution in [3.05, 3.63) is 58.1 Å². The van der Waals surface area contributed by atoms with E-state index in [0.717, 1.165) is 4.47 Å². The second-order valence-electron chi connectivity index (χ2n) is 9.02. The smallest absolute Gasteiger partial charge is 0.262 e. The molecule has 0 aromatic heterocycles. The number of amides is 2. The molecule has 2 N–H and O–H groups in total. The SMILES string of the molecule is CC(C)(C)NC(=O)c1cccc(NC(=O)COc2ccc(C(C)(C)C)cc2Br)c1. The van der Waals surface area contributed by atoms with Gasteiger partial charge in [-0.2, -0.15) is 0 Å². The Morgan fingerprint density at radius 3 is 2.28 bits per heavy atom. The summed E-state index contributed by atoms with van der Waals surface area (Å²) in [6, 6.07) is 12.7. The fourth-order valence-corrected chi connectivity index (χ4v) is 3.07. The number of benzene rings is 2. The lowest BCUT2D eigenvalue weighted by Crippen LogP contribution is -2.40. The van der Waals surface area contributed by atoms with Gasteiger partial charge in [0.25, 0.3) is 11.8 Å². The van der Waals surface area contributed by atoms with E-state index < -0.39 is 0 Å². The van der Waals surface area contributed by atoms with E-state index in [1.807, 2.05) is 39.0 Å². The van der Waals surface area contributed by atoms with Gasteiger partial charge in [0.1, 0.15) is 5.75 Å². The van der Waals surface area contributed by atoms with Crippen molar-refractivity contribution in [1.82, 2.24) is 5.32 Å². The summed E-state index contributed by atoms with van der Waals surface area (Å²) in [5.41, 5.74) is 1.90. The molecular weight excluding hydrogens is 432 g/mol. The predicted molar refractivity (Wildman–Crippen MR) is 121 cm³/mol. The molecule has 0 saturated heterocycles. The minimum Gasteiger partial charge on any atom is -0.483 e. The highest BCUT2D eigenvalue weighted by atomic mass is 79.9. The van der Waals surface area contributed by atoms with Gasteiger partial charge in [-0.05, 0) is 78.0 Å². The lowest BCUT2D eigenvalue weighted by molar-refractivity contribution is -0.118. The number of ether oxygens (including phenoxy) is 1. The van der Waals surface area contributed by atoms with Crippen LogP contribution in [0.15, 0.2) is 46.9 Å². The molecule has 0 atom stereocenters. The number of hydrogen-bond acceptors (Lipinski definition) is 3. The Balaban J connectivity index is 1.98. The normalized spacial score (nSPS) is 11.7. The van der Waals surface area contributed by atoms with E-state index in [4.69, 9.17) is 4.74 Å². The highest BCUT2D eigenvalue weighted by Gasteiger charge is 2.17. The van der Waals surface area contributed by atoms with Gasteiger partial charge in [-0.25, -0.2) is 0 Å². The highest BCUT2D eigenvalue weighted by Crippen LogP contribution is 2.31. The lowest BCUT2D eigenvalue weighted by Gasteiger charge is -2.20. The third-order valence-corrected chi connectivity index (χ3v) is 4.67. The van der Waals surface area contributed by atoms with Gasteiger partial charge in [0.15, 0.2) is 6.61 Å². The van der Waals surface area contributed by atoms with Crippen LogP contribution in [-0.2, 0) is 10.2 Å². The van der Waals surface area contributed by atoms with E-state index in [1.54, 1.807) is 24.3 Å². The first-order valence-corrected chi connectivity index (χ1v) is 10.3. The van der Waals surface area contributed by atoms with Crippen molar-refractivity contribution in [2.45, 2.75) is 52.5 Å². The van der Waals surface area contributed by atoms with Crippen LogP contribution >= 0.6 is 15.9 Å². The maximum absolute atomic E-state index is 12.3. The van der Waals surface area contributed by atoms with Crippen molar-refractivity contribution in [2.75, 3.05) is 11.9 Å². The van der Waals surface area contributed by atoms with Crippen molar-refractivity contribution in [2.24, 2.45) is 0 Å². The van der Waals surface area contributed by atoms with Crippen molar-refractivity contribution in [1.29, 1.82) is 0 Å². The summed E-state index contributed by atoms with van der Waals surface area (Å²) >= 11 is 3.50. The summed E-state index contributed by atoms with van der Waals surface area (Å²) in [6.45, 7) is 12.0. The summed E-state index contributed by atoms with van der Waals surface area (Å²) in [4.78, 5) is 24.6. The number of rotatable bonds is 5. The first-order chi connectivity index (χ1) is 13.3. The van der Waals surface area contributed by atoms with Crippen LogP contribution in [-0.4, -0.2) is 24.0 Å². The van der Waals surface area contributed by atoms with Gasteiger partial charge >= 0.3 is 0 Å². The Morgan fingerprint density at radius 1 is 1.00 bits per heavy atom. The number of nitrogens with one attached hydrogen (secondary N) is 2. The summed E-state index contributed by atoms with van der Waals surface area (Å²) in [5, 5.41) is 5.67. The molecule has 0 aliphatic heterocycles. The molecule has 6 heteroatoms. The van der Waals surface area contributed by atoms with Crippen LogP contribution in [0.25, 0.3) is 0 Å². The van der Waals surface area contributed by atoms with Gasteiger partial charge in [-0.3, -0.25) is 9.59 Å². The first kappa shape index (κ1) is 22.9. The van der Waals surface area contributed by atoms with Crippen molar-refractivity contribution in [3.8, 4) is 5.75 Å². The largest absolute Gasteiger partial charge is 0.483 e. The molecule has 156 valence electrons. The van der Waals surface area contributed by atoms with Crippen molar-refractivity contribution < 1.29 is 14.3 Å². The van der Waals surface area contributed by atoms with Crippen molar-refractivity contribution >= 4 is 33.4 Å². The van der Waals surface area contributed by atoms with Gasteiger partial charge in [0, 0.05) is 16.8 Å². The molecule has 2 aromatic carbocycles. The first-order valence-electron chi connectivity index (χ1n) is 9.50. The summed E-state index contributed by atoms with van der Waals surface area (Å²) in [7, 11) is 0. The van der Waals surface area contributed by atoms with Crippen LogP contribution in [0.4, 0.5) is 5.69 Å². The number of anilines is 1. The zero-order valence-corrected chi connectivity index (χ0v) is 19.4. The molecule has 2 rings (SSSR count). The molecule has 0 bridgehead atoms. The second kappa shape index (κ2) is 8.99. The molecule has 29 heavy (non-hydrogen) atoms. The van der Waals surface area contributed by atoms with E-state index >= 15 is 0 Å². The molecular formula is C23H29BrN2O3. The topological polar surface area (TPSA) is 67.4 Å². The van der Waals surface area contributed by atoms with E-state index in [-0.39, 0.29) is 29.4 Å². The summed E-state index contributed by atoms with van der Waals surface area (Å²) in [5.74, 6) is 0.115. The molecule has 5 nitrogen and oxygen atoms in total. The van der Waals surface area contributed by atoms with Crippen LogP contribution in [0, 0.1) is 0 Å². The summed E-state index contributed by atoms with van der Waals surface area (Å²) < 4.78 is 6.45. The Hall–Kier alpha value is -2.34. The molecule has 0 spiro atoms. The molecule has 2 amide bonds. The van der Waals surface area contributed by atoms with Gasteiger partial charge in [-0.15, -0.1) is 0 Å². The number of hydrogen-bond donors (Lipinski definition) is 2. The monoisotopic (exact) mass is 460 g/mol. The maximum Gasteiger partial charge on any atom is 0.262 e. The quantitative estimate of drug-likeness (QED) is 0.636. The van der Waals surface area contributed by atoms with E-state index in [9.17, 15) is 9.59 Å². The molecule has 0 aliphatic rings. The Bertz CT molecular complexity index is 896. The second-order valence-corrected chi connectivity index (χ2v) is 9.87. The zero-order chi connectivity index (χ0) is 21.8. The van der Waals surface area contributed by atoms with Crippen LogP contribution < -0.4 is 15.4 Å². The average molecular weight is 461 g/mol. The van der Waals surface area contributed by atoms with Gasteiger partial charge in [-0.1, -0.05) is 32.9 Å². The predicted octanol–water partition coefficient (Wildman–Crippen LogP) is 5.29.